The van der Waals surface area contributed by atoms with Gasteiger partial charge < -0.3 is 5.11 Å². The van der Waals surface area contributed by atoms with Gasteiger partial charge in [0.05, 0.1) is 5.41 Å². The second-order valence-electron chi connectivity index (χ2n) is 10.2. The first-order valence-corrected chi connectivity index (χ1v) is 11.7. The van der Waals surface area contributed by atoms with Crippen LogP contribution in [0.25, 0.3) is 0 Å². The maximum atomic E-state index is 11.3. The van der Waals surface area contributed by atoms with E-state index in [0.717, 1.165) is 38.5 Å². The minimum atomic E-state index is -0.570. The Hall–Kier alpha value is -1.31. The van der Waals surface area contributed by atoms with Crippen molar-refractivity contribution in [3.05, 3.63) is 34.4 Å². The fraction of sp³-hybridized carbons (Fsp3) is 0.731. The lowest BCUT2D eigenvalue weighted by Gasteiger charge is -2.14. The number of aryl methyl sites for hydroxylation is 4. The van der Waals surface area contributed by atoms with Gasteiger partial charge in [0.25, 0.3) is 0 Å². The van der Waals surface area contributed by atoms with Crippen LogP contribution in [-0.2, 0) is 17.6 Å². The smallest absolute Gasteiger partial charge is 0.309 e. The summed E-state index contributed by atoms with van der Waals surface area (Å²) < 4.78 is 0. The highest BCUT2D eigenvalue weighted by Gasteiger charge is 2.49. The van der Waals surface area contributed by atoms with Gasteiger partial charge in [0, 0.05) is 0 Å². The van der Waals surface area contributed by atoms with Crippen molar-refractivity contribution in [2.75, 3.05) is 0 Å². The largest absolute Gasteiger partial charge is 0.481 e. The third-order valence-electron chi connectivity index (χ3n) is 7.55. The molecule has 1 aromatic carbocycles. The number of rotatable bonds is 13. The Bertz CT molecular complexity index is 680. The lowest BCUT2D eigenvalue weighted by atomic mass is 9.91. The van der Waals surface area contributed by atoms with Crippen molar-refractivity contribution in [3.63, 3.8) is 0 Å². The lowest BCUT2D eigenvalue weighted by molar-refractivity contribution is -0.143. The molecule has 0 aliphatic heterocycles. The average Bonchev–Trinajstić information content (AvgIpc) is 3.56. The molecule has 1 aromatic rings. The van der Waals surface area contributed by atoms with Gasteiger partial charge in [-0.1, -0.05) is 44.7 Å². The van der Waals surface area contributed by atoms with E-state index in [9.17, 15) is 9.90 Å². The average molecular weight is 385 g/mol. The van der Waals surface area contributed by atoms with Crippen LogP contribution in [0.5, 0.6) is 0 Å². The van der Waals surface area contributed by atoms with E-state index >= 15 is 0 Å². The molecule has 2 fully saturated rings. The van der Waals surface area contributed by atoms with Crippen LogP contribution in [0.3, 0.4) is 0 Å². The van der Waals surface area contributed by atoms with Gasteiger partial charge in [-0.3, -0.25) is 4.79 Å². The Morgan fingerprint density at radius 3 is 1.75 bits per heavy atom. The second kappa shape index (κ2) is 9.01. The van der Waals surface area contributed by atoms with Gasteiger partial charge in [-0.15, -0.1) is 0 Å². The molecule has 2 saturated carbocycles. The molecular weight excluding hydrogens is 344 g/mol. The summed E-state index contributed by atoms with van der Waals surface area (Å²) in [5.74, 6) is -0.570. The fourth-order valence-electron chi connectivity index (χ4n) is 4.59. The topological polar surface area (TPSA) is 37.3 Å². The van der Waals surface area contributed by atoms with Gasteiger partial charge in [-0.2, -0.15) is 0 Å². The van der Waals surface area contributed by atoms with Crippen molar-refractivity contribution < 1.29 is 9.90 Å². The minimum Gasteiger partial charge on any atom is -0.481 e. The Morgan fingerprint density at radius 1 is 0.821 bits per heavy atom. The molecule has 2 heteroatoms. The Labute approximate surface area is 172 Å². The molecule has 2 nitrogen and oxygen atoms in total. The summed E-state index contributed by atoms with van der Waals surface area (Å²) in [6.07, 6.45) is 16.8. The second-order valence-corrected chi connectivity index (χ2v) is 10.2. The molecule has 0 amide bonds. The minimum absolute atomic E-state index is 0.344. The van der Waals surface area contributed by atoms with Crippen molar-refractivity contribution in [3.8, 4) is 0 Å². The molecule has 0 radical (unpaired) electrons. The monoisotopic (exact) mass is 384 g/mol. The predicted molar refractivity (Wildman–Crippen MR) is 117 cm³/mol. The first kappa shape index (κ1) is 21.4. The molecule has 0 unspecified atom stereocenters. The van der Waals surface area contributed by atoms with Crippen molar-refractivity contribution >= 4 is 5.97 Å². The first-order chi connectivity index (χ1) is 13.3. The highest BCUT2D eigenvalue weighted by atomic mass is 16.4. The quantitative estimate of drug-likeness (QED) is 0.366. The molecular formula is C26H40O2. The zero-order valence-corrected chi connectivity index (χ0v) is 18.4. The molecule has 2 aliphatic rings. The lowest BCUT2D eigenvalue weighted by Crippen LogP contribution is -2.14. The zero-order chi connectivity index (χ0) is 20.2. The Morgan fingerprint density at radius 2 is 1.32 bits per heavy atom. The maximum Gasteiger partial charge on any atom is 0.309 e. The molecule has 2 aliphatic carbocycles. The van der Waals surface area contributed by atoms with Gasteiger partial charge in [0.2, 0.25) is 0 Å². The normalized spacial score (nSPS) is 18.8. The molecule has 0 aromatic heterocycles. The summed E-state index contributed by atoms with van der Waals surface area (Å²) >= 11 is 0. The van der Waals surface area contributed by atoms with Crippen LogP contribution in [0.15, 0.2) is 12.1 Å². The molecule has 0 saturated heterocycles. The van der Waals surface area contributed by atoms with Gasteiger partial charge >= 0.3 is 5.97 Å². The number of carbonyl (C=O) groups is 1. The number of aliphatic carboxylic acids is 1. The van der Waals surface area contributed by atoms with Crippen molar-refractivity contribution in [1.29, 1.82) is 0 Å². The highest BCUT2D eigenvalue weighted by molar-refractivity contribution is 5.77. The number of unbranched alkanes of at least 4 members (excludes halogenated alkanes) is 4. The molecule has 156 valence electrons. The molecule has 0 spiro atoms. The standard InChI is InChI=1S/C26H40O2/c1-20-18-22(10-6-4-8-12-25(3)14-15-25)23(19-21(20)2)11-7-5-9-13-26(16-17-26)24(27)28/h18-19H,4-17H2,1-3H3,(H,27,28). The van der Waals surface area contributed by atoms with E-state index in [2.05, 4.69) is 32.9 Å². The van der Waals surface area contributed by atoms with Crippen LogP contribution < -0.4 is 0 Å². The number of carboxylic acid groups (broad SMARTS) is 1. The van der Waals surface area contributed by atoms with E-state index in [1.807, 2.05) is 0 Å². The van der Waals surface area contributed by atoms with Gasteiger partial charge in [0.15, 0.2) is 0 Å². The van der Waals surface area contributed by atoms with E-state index in [4.69, 9.17) is 0 Å². The van der Waals surface area contributed by atoms with E-state index in [1.54, 1.807) is 5.56 Å². The van der Waals surface area contributed by atoms with E-state index in [-0.39, 0.29) is 5.41 Å². The van der Waals surface area contributed by atoms with Crippen molar-refractivity contribution in [1.82, 2.24) is 0 Å². The predicted octanol–water partition coefficient (Wildman–Crippen LogP) is 7.17. The van der Waals surface area contributed by atoms with E-state index in [0.29, 0.717) is 5.41 Å². The first-order valence-electron chi connectivity index (χ1n) is 11.7. The molecule has 0 bridgehead atoms. The summed E-state index contributed by atoms with van der Waals surface area (Å²) in [5, 5.41) is 9.30. The van der Waals surface area contributed by atoms with Crippen LogP contribution in [0, 0.1) is 24.7 Å². The van der Waals surface area contributed by atoms with Crippen LogP contribution >= 0.6 is 0 Å². The summed E-state index contributed by atoms with van der Waals surface area (Å²) in [6, 6.07) is 4.84. The van der Waals surface area contributed by atoms with E-state index in [1.165, 1.54) is 68.1 Å². The van der Waals surface area contributed by atoms with Crippen LogP contribution in [0.4, 0.5) is 0 Å². The molecule has 3 rings (SSSR count). The van der Waals surface area contributed by atoms with Gasteiger partial charge in [0.1, 0.15) is 0 Å². The molecule has 28 heavy (non-hydrogen) atoms. The van der Waals surface area contributed by atoms with E-state index < -0.39 is 5.97 Å². The SMILES string of the molecule is Cc1cc(CCCCCC2(C)CC2)c(CCCCCC2(C(=O)O)CC2)cc1C. The van der Waals surface area contributed by atoms with Gasteiger partial charge in [-0.05, 0) is 106 Å². The molecule has 0 heterocycles. The zero-order valence-electron chi connectivity index (χ0n) is 18.4. The Balaban J connectivity index is 1.41. The highest BCUT2D eigenvalue weighted by Crippen LogP contribution is 2.50. The number of hydrogen-bond acceptors (Lipinski definition) is 1. The van der Waals surface area contributed by atoms with Crippen LogP contribution in [0.1, 0.15) is 106 Å². The third-order valence-corrected chi connectivity index (χ3v) is 7.55. The van der Waals surface area contributed by atoms with Crippen LogP contribution in [0.2, 0.25) is 0 Å². The van der Waals surface area contributed by atoms with Crippen LogP contribution in [-0.4, -0.2) is 11.1 Å². The van der Waals surface area contributed by atoms with Gasteiger partial charge in [-0.25, -0.2) is 0 Å². The van der Waals surface area contributed by atoms with Crippen molar-refractivity contribution in [2.45, 2.75) is 111 Å². The third kappa shape index (κ3) is 5.84. The summed E-state index contributed by atoms with van der Waals surface area (Å²) in [7, 11) is 0. The summed E-state index contributed by atoms with van der Waals surface area (Å²) in [4.78, 5) is 11.3. The molecule has 1 N–H and O–H groups in total. The number of hydrogen-bond donors (Lipinski definition) is 1. The number of carboxylic acids is 1. The van der Waals surface area contributed by atoms with Crippen molar-refractivity contribution in [2.24, 2.45) is 10.8 Å². The maximum absolute atomic E-state index is 11.3. The Kier molecular flexibility index (Phi) is 6.89. The number of benzene rings is 1. The molecule has 0 atom stereocenters. The summed E-state index contributed by atoms with van der Waals surface area (Å²) in [6.45, 7) is 6.90. The fourth-order valence-corrected chi connectivity index (χ4v) is 4.59. The summed E-state index contributed by atoms with van der Waals surface area (Å²) in [5.41, 5.74) is 6.28.